The van der Waals surface area contributed by atoms with Crippen LogP contribution in [0.3, 0.4) is 0 Å². The lowest BCUT2D eigenvalue weighted by molar-refractivity contribution is 0.277. The van der Waals surface area contributed by atoms with Crippen molar-refractivity contribution < 1.29 is 5.11 Å². The Labute approximate surface area is 85.9 Å². The maximum absolute atomic E-state index is 8.67. The Hall–Kier alpha value is -0.350. The molecule has 1 N–H and O–H groups in total. The number of aliphatic hydroxyl groups excluding tert-OH is 1. The van der Waals surface area contributed by atoms with Crippen LogP contribution in [0.5, 0.6) is 0 Å². The number of aryl methyl sites for hydroxylation is 1. The number of nitrogens with zero attached hydrogens (tertiary/aromatic N) is 2. The first-order valence-electron chi connectivity index (χ1n) is 4.65. The van der Waals surface area contributed by atoms with Crippen molar-refractivity contribution in [3.8, 4) is 0 Å². The molecule has 2 rings (SSSR count). The third-order valence-corrected chi connectivity index (χ3v) is 2.86. The van der Waals surface area contributed by atoms with Crippen molar-refractivity contribution in [1.82, 2.24) is 9.78 Å². The van der Waals surface area contributed by atoms with Gasteiger partial charge in [-0.25, -0.2) is 0 Å². The summed E-state index contributed by atoms with van der Waals surface area (Å²) in [7, 11) is 0. The van der Waals surface area contributed by atoms with Gasteiger partial charge in [-0.15, -0.1) is 0 Å². The second-order valence-corrected chi connectivity index (χ2v) is 4.33. The Morgan fingerprint density at radius 2 is 2.38 bits per heavy atom. The quantitative estimate of drug-likeness (QED) is 0.879. The van der Waals surface area contributed by atoms with Crippen LogP contribution in [0.2, 0.25) is 0 Å². The molecule has 0 bridgehead atoms. The van der Waals surface area contributed by atoms with Crippen LogP contribution in [0, 0.1) is 0 Å². The van der Waals surface area contributed by atoms with E-state index in [0.717, 1.165) is 17.4 Å². The summed E-state index contributed by atoms with van der Waals surface area (Å²) in [6.45, 7) is 1.04. The molecular formula is C9H13BrN2O. The van der Waals surface area contributed by atoms with Gasteiger partial charge in [-0.1, -0.05) is 0 Å². The minimum Gasteiger partial charge on any atom is -0.396 e. The van der Waals surface area contributed by atoms with Crippen LogP contribution in [0.25, 0.3) is 0 Å². The maximum atomic E-state index is 8.67. The second-order valence-electron chi connectivity index (χ2n) is 3.48. The normalized spacial score (nSPS) is 16.5. The lowest BCUT2D eigenvalue weighted by atomic mass is 10.3. The number of aliphatic hydroxyl groups is 1. The second kappa shape index (κ2) is 3.80. The number of rotatable bonds is 4. The molecule has 0 aliphatic heterocycles. The highest BCUT2D eigenvalue weighted by Crippen LogP contribution is 2.42. The van der Waals surface area contributed by atoms with Gasteiger partial charge >= 0.3 is 0 Å². The van der Waals surface area contributed by atoms with E-state index in [1.165, 1.54) is 18.5 Å². The van der Waals surface area contributed by atoms with Gasteiger partial charge in [0.25, 0.3) is 0 Å². The third kappa shape index (κ3) is 2.11. The van der Waals surface area contributed by atoms with Gasteiger partial charge in [-0.2, -0.15) is 5.10 Å². The molecule has 3 nitrogen and oxygen atoms in total. The lowest BCUT2D eigenvalue weighted by Gasteiger charge is -1.97. The zero-order valence-corrected chi connectivity index (χ0v) is 9.00. The molecule has 1 aromatic heterocycles. The van der Waals surface area contributed by atoms with Gasteiger partial charge in [0.15, 0.2) is 0 Å². The largest absolute Gasteiger partial charge is 0.396 e. The van der Waals surface area contributed by atoms with E-state index >= 15 is 0 Å². The zero-order chi connectivity index (χ0) is 9.26. The molecule has 4 heteroatoms. The smallest absolute Gasteiger partial charge is 0.0797 e. The Kier molecular flexibility index (Phi) is 2.69. The lowest BCUT2D eigenvalue weighted by Crippen LogP contribution is -2.00. The summed E-state index contributed by atoms with van der Waals surface area (Å²) in [4.78, 5) is 0. The molecular weight excluding hydrogens is 232 g/mol. The highest BCUT2D eigenvalue weighted by molar-refractivity contribution is 9.10. The molecule has 0 amide bonds. The van der Waals surface area contributed by atoms with Crippen molar-refractivity contribution in [2.75, 3.05) is 6.61 Å². The SMILES string of the molecule is OCCCn1cc(Br)c(C2CC2)n1. The number of hydrogen-bond acceptors (Lipinski definition) is 2. The van der Waals surface area contributed by atoms with E-state index in [1.54, 1.807) is 0 Å². The predicted octanol–water partition coefficient (Wildman–Crippen LogP) is 1.91. The molecule has 0 atom stereocenters. The zero-order valence-electron chi connectivity index (χ0n) is 7.41. The highest BCUT2D eigenvalue weighted by Gasteiger charge is 2.28. The molecule has 0 saturated heterocycles. The van der Waals surface area contributed by atoms with Crippen LogP contribution in [0.15, 0.2) is 10.7 Å². The summed E-state index contributed by atoms with van der Waals surface area (Å²) in [5.74, 6) is 0.685. The molecule has 72 valence electrons. The van der Waals surface area contributed by atoms with Gasteiger partial charge < -0.3 is 5.11 Å². The van der Waals surface area contributed by atoms with Crippen LogP contribution >= 0.6 is 15.9 Å². The van der Waals surface area contributed by atoms with Crippen molar-refractivity contribution in [2.45, 2.75) is 31.7 Å². The van der Waals surface area contributed by atoms with Gasteiger partial charge in [-0.05, 0) is 35.2 Å². The third-order valence-electron chi connectivity index (χ3n) is 2.25. The van der Waals surface area contributed by atoms with E-state index in [2.05, 4.69) is 21.0 Å². The predicted molar refractivity (Wildman–Crippen MR) is 53.6 cm³/mol. The van der Waals surface area contributed by atoms with Crippen molar-refractivity contribution in [3.05, 3.63) is 16.4 Å². The van der Waals surface area contributed by atoms with E-state index in [1.807, 2.05) is 10.9 Å². The van der Waals surface area contributed by atoms with Crippen molar-refractivity contribution in [3.63, 3.8) is 0 Å². The fourth-order valence-corrected chi connectivity index (χ4v) is 2.03. The molecule has 0 aromatic carbocycles. The van der Waals surface area contributed by atoms with Gasteiger partial charge in [0.05, 0.1) is 10.2 Å². The summed E-state index contributed by atoms with van der Waals surface area (Å²) >= 11 is 3.50. The monoisotopic (exact) mass is 244 g/mol. The first-order chi connectivity index (χ1) is 6.31. The van der Waals surface area contributed by atoms with Gasteiger partial charge in [-0.3, -0.25) is 4.68 Å². The fraction of sp³-hybridized carbons (Fsp3) is 0.667. The van der Waals surface area contributed by atoms with Gasteiger partial charge in [0.2, 0.25) is 0 Å². The standard InChI is InChI=1S/C9H13BrN2O/c10-8-6-12(4-1-5-13)11-9(8)7-2-3-7/h6-7,13H,1-5H2. The first kappa shape index (κ1) is 9.21. The molecule has 0 unspecified atom stereocenters. The summed E-state index contributed by atoms with van der Waals surface area (Å²) < 4.78 is 3.03. The van der Waals surface area contributed by atoms with E-state index in [9.17, 15) is 0 Å². The fourth-order valence-electron chi connectivity index (χ4n) is 1.39. The van der Waals surface area contributed by atoms with E-state index in [0.29, 0.717) is 5.92 Å². The molecule has 1 fully saturated rings. The van der Waals surface area contributed by atoms with Crippen LogP contribution in [-0.2, 0) is 6.54 Å². The molecule has 13 heavy (non-hydrogen) atoms. The Bertz CT molecular complexity index is 294. The topological polar surface area (TPSA) is 38.0 Å². The Balaban J connectivity index is 2.05. The highest BCUT2D eigenvalue weighted by atomic mass is 79.9. The molecule has 1 heterocycles. The van der Waals surface area contributed by atoms with Crippen LogP contribution in [0.1, 0.15) is 30.9 Å². The summed E-state index contributed by atoms with van der Waals surface area (Å²) in [6.07, 6.45) is 5.33. The first-order valence-corrected chi connectivity index (χ1v) is 5.44. The number of halogens is 1. The van der Waals surface area contributed by atoms with Crippen LogP contribution in [-0.4, -0.2) is 21.5 Å². The van der Waals surface area contributed by atoms with Crippen molar-refractivity contribution >= 4 is 15.9 Å². The molecule has 0 radical (unpaired) electrons. The van der Waals surface area contributed by atoms with Crippen LogP contribution < -0.4 is 0 Å². The minimum absolute atomic E-state index is 0.232. The average Bonchev–Trinajstić information content (AvgIpc) is 2.88. The number of aromatic nitrogens is 2. The van der Waals surface area contributed by atoms with Gasteiger partial charge in [0.1, 0.15) is 0 Å². The number of hydrogen-bond donors (Lipinski definition) is 1. The molecule has 0 spiro atoms. The van der Waals surface area contributed by atoms with Crippen LogP contribution in [0.4, 0.5) is 0 Å². The molecule has 1 aliphatic carbocycles. The van der Waals surface area contributed by atoms with Crippen molar-refractivity contribution in [2.24, 2.45) is 0 Å². The minimum atomic E-state index is 0.232. The summed E-state index contributed by atoms with van der Waals surface area (Å²) in [6, 6.07) is 0. The molecule has 1 aliphatic rings. The summed E-state index contributed by atoms with van der Waals surface area (Å²) in [5.41, 5.74) is 1.19. The molecule has 1 saturated carbocycles. The van der Waals surface area contributed by atoms with Crippen molar-refractivity contribution in [1.29, 1.82) is 0 Å². The Morgan fingerprint density at radius 3 is 3.00 bits per heavy atom. The van der Waals surface area contributed by atoms with E-state index < -0.39 is 0 Å². The van der Waals surface area contributed by atoms with E-state index in [-0.39, 0.29) is 6.61 Å². The maximum Gasteiger partial charge on any atom is 0.0797 e. The van der Waals surface area contributed by atoms with Gasteiger partial charge in [0, 0.05) is 25.3 Å². The summed E-state index contributed by atoms with van der Waals surface area (Å²) in [5, 5.41) is 13.1. The molecule has 1 aromatic rings. The van der Waals surface area contributed by atoms with E-state index in [4.69, 9.17) is 5.11 Å². The average molecular weight is 245 g/mol. The Morgan fingerprint density at radius 1 is 1.62 bits per heavy atom.